The number of hydrogen-bond donors (Lipinski definition) is 1. The zero-order chi connectivity index (χ0) is 20.3. The molecule has 1 N–H and O–H groups in total. The van der Waals surface area contributed by atoms with Gasteiger partial charge in [-0.15, -0.1) is 0 Å². The molecule has 0 fully saturated rings. The summed E-state index contributed by atoms with van der Waals surface area (Å²) in [5.41, 5.74) is 2.86. The highest BCUT2D eigenvalue weighted by Gasteiger charge is 2.17. The van der Waals surface area contributed by atoms with Gasteiger partial charge in [0, 0.05) is 43.7 Å². The van der Waals surface area contributed by atoms with Gasteiger partial charge in [-0.05, 0) is 43.3 Å². The largest absolute Gasteiger partial charge is 0.337 e. The van der Waals surface area contributed by atoms with E-state index in [1.807, 2.05) is 32.3 Å². The van der Waals surface area contributed by atoms with Crippen LogP contribution in [-0.4, -0.2) is 36.1 Å². The number of sulfonamides is 1. The van der Waals surface area contributed by atoms with Gasteiger partial charge in [-0.25, -0.2) is 8.42 Å². The summed E-state index contributed by atoms with van der Waals surface area (Å²) < 4.78 is 29.3. The van der Waals surface area contributed by atoms with Crippen molar-refractivity contribution < 1.29 is 13.2 Å². The maximum absolute atomic E-state index is 12.6. The van der Waals surface area contributed by atoms with Crippen LogP contribution in [0.4, 0.5) is 5.69 Å². The Morgan fingerprint density at radius 3 is 2.32 bits per heavy atom. The highest BCUT2D eigenvalue weighted by molar-refractivity contribution is 7.92. The number of carbonyl (C=O) groups excluding carboxylic acids is 1. The average Bonchev–Trinajstić information content (AvgIpc) is 3.07. The standard InChI is InChI=1S/C20H22N4O3S/c1-15-4-8-18(9-5-15)22-28(26,27)19-10-6-17(7-11-19)20(25)23(2)13-16-12-21-24(3)14-16/h4-12,14,22H,13H2,1-3H3. The van der Waals surface area contributed by atoms with E-state index in [1.54, 1.807) is 35.0 Å². The first-order valence-corrected chi connectivity index (χ1v) is 10.2. The van der Waals surface area contributed by atoms with Gasteiger partial charge in [0.05, 0.1) is 11.1 Å². The molecule has 28 heavy (non-hydrogen) atoms. The van der Waals surface area contributed by atoms with Crippen LogP contribution in [-0.2, 0) is 23.6 Å². The predicted octanol–water partition coefficient (Wildman–Crippen LogP) is 2.80. The van der Waals surface area contributed by atoms with Gasteiger partial charge in [-0.3, -0.25) is 14.2 Å². The zero-order valence-corrected chi connectivity index (χ0v) is 16.8. The van der Waals surface area contributed by atoms with E-state index >= 15 is 0 Å². The molecule has 0 spiro atoms. The monoisotopic (exact) mass is 398 g/mol. The molecule has 2 aromatic carbocycles. The SMILES string of the molecule is Cc1ccc(NS(=O)(=O)c2ccc(C(=O)N(C)Cc3cnn(C)c3)cc2)cc1. The normalized spacial score (nSPS) is 11.2. The lowest BCUT2D eigenvalue weighted by Crippen LogP contribution is -2.26. The van der Waals surface area contributed by atoms with Crippen LogP contribution in [0.3, 0.4) is 0 Å². The fourth-order valence-corrected chi connectivity index (χ4v) is 3.79. The van der Waals surface area contributed by atoms with Gasteiger partial charge in [-0.2, -0.15) is 5.10 Å². The number of carbonyl (C=O) groups is 1. The van der Waals surface area contributed by atoms with E-state index < -0.39 is 10.0 Å². The van der Waals surface area contributed by atoms with Crippen LogP contribution in [0.25, 0.3) is 0 Å². The maximum Gasteiger partial charge on any atom is 0.261 e. The Morgan fingerprint density at radius 1 is 1.11 bits per heavy atom. The number of benzene rings is 2. The molecule has 1 amide bonds. The third-order valence-electron chi connectivity index (χ3n) is 4.24. The van der Waals surface area contributed by atoms with Crippen molar-refractivity contribution in [3.63, 3.8) is 0 Å². The molecule has 3 aromatic rings. The van der Waals surface area contributed by atoms with Gasteiger partial charge in [0.15, 0.2) is 0 Å². The highest BCUT2D eigenvalue weighted by atomic mass is 32.2. The third-order valence-corrected chi connectivity index (χ3v) is 5.64. The number of nitrogens with one attached hydrogen (secondary N) is 1. The Kier molecular flexibility index (Phi) is 5.51. The van der Waals surface area contributed by atoms with E-state index in [2.05, 4.69) is 9.82 Å². The molecule has 0 aliphatic carbocycles. The molecule has 0 atom stereocenters. The second kappa shape index (κ2) is 7.85. The van der Waals surface area contributed by atoms with Crippen LogP contribution < -0.4 is 4.72 Å². The number of hydrogen-bond acceptors (Lipinski definition) is 4. The highest BCUT2D eigenvalue weighted by Crippen LogP contribution is 2.18. The molecule has 8 heteroatoms. The molecular formula is C20H22N4O3S. The molecule has 3 rings (SSSR count). The van der Waals surface area contributed by atoms with Crippen molar-refractivity contribution in [1.29, 1.82) is 0 Å². The fraction of sp³-hybridized carbons (Fsp3) is 0.200. The summed E-state index contributed by atoms with van der Waals surface area (Å²) >= 11 is 0. The zero-order valence-electron chi connectivity index (χ0n) is 16.0. The molecule has 7 nitrogen and oxygen atoms in total. The van der Waals surface area contributed by atoms with Crippen LogP contribution in [0.15, 0.2) is 65.8 Å². The van der Waals surface area contributed by atoms with E-state index in [0.29, 0.717) is 17.8 Å². The summed E-state index contributed by atoms with van der Waals surface area (Å²) in [5.74, 6) is -0.195. The maximum atomic E-state index is 12.6. The molecular weight excluding hydrogens is 376 g/mol. The Morgan fingerprint density at radius 2 is 1.75 bits per heavy atom. The quantitative estimate of drug-likeness (QED) is 0.692. The molecule has 1 aromatic heterocycles. The second-order valence-corrected chi connectivity index (χ2v) is 8.36. The Labute approximate surface area is 164 Å². The number of nitrogens with zero attached hydrogens (tertiary/aromatic N) is 3. The first-order chi connectivity index (χ1) is 13.2. The number of rotatable bonds is 6. The van der Waals surface area contributed by atoms with Crippen molar-refractivity contribution >= 4 is 21.6 Å². The molecule has 0 bridgehead atoms. The van der Waals surface area contributed by atoms with Gasteiger partial charge in [0.2, 0.25) is 0 Å². The van der Waals surface area contributed by atoms with E-state index in [9.17, 15) is 13.2 Å². The molecule has 0 radical (unpaired) electrons. The van der Waals surface area contributed by atoms with E-state index in [4.69, 9.17) is 0 Å². The Bertz CT molecular complexity index is 1070. The number of aryl methyl sites for hydroxylation is 2. The summed E-state index contributed by atoms with van der Waals surface area (Å²) in [6, 6.07) is 13.0. The topological polar surface area (TPSA) is 84.3 Å². The van der Waals surface area contributed by atoms with Gasteiger partial charge in [0.25, 0.3) is 15.9 Å². The molecule has 0 saturated carbocycles. The van der Waals surface area contributed by atoms with Crippen molar-refractivity contribution in [2.45, 2.75) is 18.4 Å². The van der Waals surface area contributed by atoms with Gasteiger partial charge in [0.1, 0.15) is 0 Å². The smallest absolute Gasteiger partial charge is 0.261 e. The van der Waals surface area contributed by atoms with E-state index in [1.165, 1.54) is 24.3 Å². The Balaban J connectivity index is 1.71. The summed E-state index contributed by atoms with van der Waals surface area (Å²) in [5, 5.41) is 4.08. The van der Waals surface area contributed by atoms with Gasteiger partial charge in [-0.1, -0.05) is 17.7 Å². The van der Waals surface area contributed by atoms with Crippen LogP contribution in [0.2, 0.25) is 0 Å². The number of anilines is 1. The second-order valence-electron chi connectivity index (χ2n) is 6.68. The molecule has 0 aliphatic heterocycles. The lowest BCUT2D eigenvalue weighted by molar-refractivity contribution is 0.0785. The summed E-state index contributed by atoms with van der Waals surface area (Å²) in [7, 11) is -0.213. The van der Waals surface area contributed by atoms with Crippen LogP contribution in [0.1, 0.15) is 21.5 Å². The van der Waals surface area contributed by atoms with Crippen LogP contribution in [0, 0.1) is 6.92 Å². The first kappa shape index (κ1) is 19.6. The molecule has 1 heterocycles. The lowest BCUT2D eigenvalue weighted by atomic mass is 10.2. The number of aromatic nitrogens is 2. The first-order valence-electron chi connectivity index (χ1n) is 8.67. The molecule has 0 aliphatic rings. The van der Waals surface area contributed by atoms with E-state index in [-0.39, 0.29) is 10.8 Å². The predicted molar refractivity (Wildman–Crippen MR) is 107 cm³/mol. The molecule has 0 saturated heterocycles. The third kappa shape index (κ3) is 4.58. The average molecular weight is 398 g/mol. The molecule has 0 unspecified atom stereocenters. The minimum atomic E-state index is -3.72. The van der Waals surface area contributed by atoms with Crippen molar-refractivity contribution in [1.82, 2.24) is 14.7 Å². The van der Waals surface area contributed by atoms with E-state index in [0.717, 1.165) is 11.1 Å². The summed E-state index contributed by atoms with van der Waals surface area (Å²) in [6.07, 6.45) is 3.55. The van der Waals surface area contributed by atoms with Crippen molar-refractivity contribution in [2.24, 2.45) is 7.05 Å². The fourth-order valence-electron chi connectivity index (χ4n) is 2.73. The van der Waals surface area contributed by atoms with Gasteiger partial charge < -0.3 is 4.90 Å². The summed E-state index contributed by atoms with van der Waals surface area (Å²) in [6.45, 7) is 2.35. The van der Waals surface area contributed by atoms with Crippen molar-refractivity contribution in [2.75, 3.05) is 11.8 Å². The lowest BCUT2D eigenvalue weighted by Gasteiger charge is -2.16. The van der Waals surface area contributed by atoms with Crippen LogP contribution in [0.5, 0.6) is 0 Å². The van der Waals surface area contributed by atoms with Gasteiger partial charge >= 0.3 is 0 Å². The van der Waals surface area contributed by atoms with Crippen molar-refractivity contribution in [3.05, 3.63) is 77.6 Å². The Hall–Kier alpha value is -3.13. The molecule has 146 valence electrons. The number of amides is 1. The van der Waals surface area contributed by atoms with Crippen LogP contribution >= 0.6 is 0 Å². The minimum absolute atomic E-state index is 0.0968. The minimum Gasteiger partial charge on any atom is -0.337 e. The summed E-state index contributed by atoms with van der Waals surface area (Å²) in [4.78, 5) is 14.2. The van der Waals surface area contributed by atoms with Crippen molar-refractivity contribution in [3.8, 4) is 0 Å².